The molecule has 1 saturated carbocycles. The van der Waals surface area contributed by atoms with E-state index < -0.39 is 22.9 Å². The maximum absolute atomic E-state index is 13.2. The summed E-state index contributed by atoms with van der Waals surface area (Å²) >= 11 is 0. The van der Waals surface area contributed by atoms with Crippen molar-refractivity contribution in [3.05, 3.63) is 23.5 Å². The van der Waals surface area contributed by atoms with Gasteiger partial charge < -0.3 is 10.2 Å². The number of hydrogen-bond donors (Lipinski definition) is 2. The third-order valence-electron chi connectivity index (χ3n) is 3.02. The molecule has 16 heavy (non-hydrogen) atoms. The van der Waals surface area contributed by atoms with Gasteiger partial charge in [-0.1, -0.05) is 0 Å². The number of hydrogen-bond acceptors (Lipinski definition) is 4. The van der Waals surface area contributed by atoms with E-state index in [1.807, 2.05) is 0 Å². The number of isocyanates is 1. The van der Waals surface area contributed by atoms with Crippen molar-refractivity contribution in [1.29, 1.82) is 0 Å². The Labute approximate surface area is 91.1 Å². The summed E-state index contributed by atoms with van der Waals surface area (Å²) in [4.78, 5) is 14.0. The summed E-state index contributed by atoms with van der Waals surface area (Å²) in [5.41, 5.74) is -0.372. The van der Waals surface area contributed by atoms with E-state index in [0.717, 1.165) is 12.5 Å². The van der Waals surface area contributed by atoms with Gasteiger partial charge in [-0.2, -0.15) is 4.99 Å². The van der Waals surface area contributed by atoms with Crippen LogP contribution in [0.3, 0.4) is 0 Å². The first-order chi connectivity index (χ1) is 7.59. The number of nitrogens with zero attached hydrogens (tertiary/aromatic N) is 1. The van der Waals surface area contributed by atoms with Crippen molar-refractivity contribution in [2.75, 3.05) is 0 Å². The van der Waals surface area contributed by atoms with Crippen molar-refractivity contribution in [2.45, 2.75) is 24.8 Å². The molecule has 2 rings (SSSR count). The van der Waals surface area contributed by atoms with Crippen LogP contribution < -0.4 is 0 Å². The molecule has 1 fully saturated rings. The lowest BCUT2D eigenvalue weighted by atomic mass is 9.72. The minimum atomic E-state index is -0.914. The van der Waals surface area contributed by atoms with Crippen molar-refractivity contribution >= 4 is 6.08 Å². The fourth-order valence-electron chi connectivity index (χ4n) is 1.92. The van der Waals surface area contributed by atoms with Crippen LogP contribution in [0.1, 0.15) is 24.8 Å². The maximum atomic E-state index is 13.2. The standard InChI is InChI=1S/C11H10FNO3/c12-8-4-7(5-9(15)10(8)16)11(13-6-14)2-1-3-11/h4-5,15-16H,1-3H2. The van der Waals surface area contributed by atoms with Crippen LogP contribution in [0.25, 0.3) is 0 Å². The van der Waals surface area contributed by atoms with E-state index in [-0.39, 0.29) is 0 Å². The second-order valence-corrected chi connectivity index (χ2v) is 3.91. The number of benzene rings is 1. The van der Waals surface area contributed by atoms with Crippen molar-refractivity contribution in [3.63, 3.8) is 0 Å². The smallest absolute Gasteiger partial charge is 0.235 e. The molecule has 0 saturated heterocycles. The molecule has 0 spiro atoms. The third kappa shape index (κ3) is 1.46. The zero-order valence-electron chi connectivity index (χ0n) is 8.40. The van der Waals surface area contributed by atoms with Crippen LogP contribution in [-0.4, -0.2) is 16.3 Å². The second-order valence-electron chi connectivity index (χ2n) is 3.91. The molecule has 84 valence electrons. The predicted octanol–water partition coefficient (Wildman–Crippen LogP) is 1.95. The number of aromatic hydroxyl groups is 2. The summed E-state index contributed by atoms with van der Waals surface area (Å²) in [6.45, 7) is 0. The summed E-state index contributed by atoms with van der Waals surface area (Å²) in [6, 6.07) is 2.33. The minimum Gasteiger partial charge on any atom is -0.504 e. The molecule has 0 amide bonds. The van der Waals surface area contributed by atoms with Gasteiger partial charge in [0.1, 0.15) is 0 Å². The lowest BCUT2D eigenvalue weighted by Crippen LogP contribution is -2.31. The first kappa shape index (κ1) is 10.6. The van der Waals surface area contributed by atoms with Gasteiger partial charge >= 0.3 is 0 Å². The molecule has 1 aliphatic rings. The zero-order valence-corrected chi connectivity index (χ0v) is 8.40. The molecule has 0 bridgehead atoms. The predicted molar refractivity (Wildman–Crippen MR) is 53.4 cm³/mol. The maximum Gasteiger partial charge on any atom is 0.235 e. The van der Waals surface area contributed by atoms with Gasteiger partial charge in [-0.05, 0) is 37.0 Å². The number of phenols is 2. The molecule has 1 aromatic carbocycles. The summed E-state index contributed by atoms with van der Waals surface area (Å²) in [6.07, 6.45) is 3.59. The molecule has 4 nitrogen and oxygen atoms in total. The van der Waals surface area contributed by atoms with E-state index in [1.54, 1.807) is 0 Å². The topological polar surface area (TPSA) is 69.9 Å². The Morgan fingerprint density at radius 1 is 1.38 bits per heavy atom. The number of phenolic OH excluding ortho intramolecular Hbond substituents is 2. The molecule has 0 unspecified atom stereocenters. The van der Waals surface area contributed by atoms with Crippen molar-refractivity contribution in [2.24, 2.45) is 4.99 Å². The number of carbonyl (C=O) groups excluding carboxylic acids is 1. The Morgan fingerprint density at radius 3 is 2.50 bits per heavy atom. The first-order valence-electron chi connectivity index (χ1n) is 4.90. The van der Waals surface area contributed by atoms with E-state index >= 15 is 0 Å². The van der Waals surface area contributed by atoms with E-state index in [0.29, 0.717) is 18.4 Å². The second kappa shape index (κ2) is 3.61. The van der Waals surface area contributed by atoms with Crippen molar-refractivity contribution in [3.8, 4) is 11.5 Å². The zero-order chi connectivity index (χ0) is 11.8. The Balaban J connectivity index is 2.51. The number of rotatable bonds is 2. The van der Waals surface area contributed by atoms with Gasteiger partial charge in [0.05, 0.1) is 5.54 Å². The molecule has 2 N–H and O–H groups in total. The Bertz CT molecular complexity index is 453. The van der Waals surface area contributed by atoms with E-state index in [1.165, 1.54) is 12.1 Å². The van der Waals surface area contributed by atoms with Crippen LogP contribution in [0.2, 0.25) is 0 Å². The lowest BCUT2D eigenvalue weighted by molar-refractivity contribution is 0.253. The van der Waals surface area contributed by atoms with Gasteiger partial charge in [0.2, 0.25) is 6.08 Å². The molecular formula is C11H10FNO3. The van der Waals surface area contributed by atoms with Crippen LogP contribution in [0.5, 0.6) is 11.5 Å². The van der Waals surface area contributed by atoms with Gasteiger partial charge in [0, 0.05) is 0 Å². The van der Waals surface area contributed by atoms with Gasteiger partial charge in [0.25, 0.3) is 0 Å². The van der Waals surface area contributed by atoms with Crippen molar-refractivity contribution in [1.82, 2.24) is 0 Å². The molecule has 0 aliphatic heterocycles. The van der Waals surface area contributed by atoms with Gasteiger partial charge in [-0.25, -0.2) is 9.18 Å². The normalized spacial score (nSPS) is 17.3. The van der Waals surface area contributed by atoms with E-state index in [2.05, 4.69) is 4.99 Å². The molecular weight excluding hydrogens is 213 g/mol. The van der Waals surface area contributed by atoms with Crippen LogP contribution in [0, 0.1) is 5.82 Å². The molecule has 5 heteroatoms. The van der Waals surface area contributed by atoms with E-state index in [4.69, 9.17) is 5.11 Å². The van der Waals surface area contributed by atoms with Crippen LogP contribution in [0.15, 0.2) is 17.1 Å². The van der Waals surface area contributed by atoms with Crippen LogP contribution in [0.4, 0.5) is 4.39 Å². The van der Waals surface area contributed by atoms with E-state index in [9.17, 15) is 14.3 Å². The lowest BCUT2D eigenvalue weighted by Gasteiger charge is -2.37. The van der Waals surface area contributed by atoms with Crippen molar-refractivity contribution < 1.29 is 19.4 Å². The monoisotopic (exact) mass is 223 g/mol. The fraction of sp³-hybridized carbons (Fsp3) is 0.364. The SMILES string of the molecule is O=C=NC1(c2cc(O)c(O)c(F)c2)CCC1. The Hall–Kier alpha value is -1.87. The quantitative estimate of drug-likeness (QED) is 0.457. The third-order valence-corrected chi connectivity index (χ3v) is 3.02. The first-order valence-corrected chi connectivity index (χ1v) is 4.90. The molecule has 0 aromatic heterocycles. The average Bonchev–Trinajstić information content (AvgIpc) is 2.19. The molecule has 0 heterocycles. The van der Waals surface area contributed by atoms with Gasteiger partial charge in [0.15, 0.2) is 17.3 Å². The molecule has 1 aromatic rings. The highest BCUT2D eigenvalue weighted by molar-refractivity contribution is 5.47. The summed E-state index contributed by atoms with van der Waals surface area (Å²) in [7, 11) is 0. The average molecular weight is 223 g/mol. The number of aliphatic imine (C=N–C) groups is 1. The van der Waals surface area contributed by atoms with Gasteiger partial charge in [-0.3, -0.25) is 0 Å². The highest BCUT2D eigenvalue weighted by Gasteiger charge is 2.39. The summed E-state index contributed by atoms with van der Waals surface area (Å²) in [5, 5.41) is 18.4. The molecule has 0 atom stereocenters. The highest BCUT2D eigenvalue weighted by Crippen LogP contribution is 2.46. The molecule has 0 radical (unpaired) electrons. The van der Waals surface area contributed by atoms with Gasteiger partial charge in [-0.15, -0.1) is 0 Å². The fourth-order valence-corrected chi connectivity index (χ4v) is 1.92. The van der Waals surface area contributed by atoms with Crippen LogP contribution in [-0.2, 0) is 10.3 Å². The highest BCUT2D eigenvalue weighted by atomic mass is 19.1. The summed E-state index contributed by atoms with van der Waals surface area (Å²) < 4.78 is 13.2. The Morgan fingerprint density at radius 2 is 2.06 bits per heavy atom. The molecule has 1 aliphatic carbocycles. The number of halogens is 1. The Kier molecular flexibility index (Phi) is 2.40. The summed E-state index contributed by atoms with van der Waals surface area (Å²) in [5.74, 6) is -2.24. The minimum absolute atomic E-state index is 0.398. The largest absolute Gasteiger partial charge is 0.504 e. The van der Waals surface area contributed by atoms with Crippen LogP contribution >= 0.6 is 0 Å².